The lowest BCUT2D eigenvalue weighted by atomic mass is 10.1. The fourth-order valence-corrected chi connectivity index (χ4v) is 2.84. The number of nitrogens with one attached hydrogen (secondary N) is 3. The Labute approximate surface area is 153 Å². The molecule has 0 amide bonds. The van der Waals surface area contributed by atoms with Crippen molar-refractivity contribution in [3.8, 4) is 11.1 Å². The minimum Gasteiger partial charge on any atom is -0.395 e. The number of aromatic nitrogens is 1. The van der Waals surface area contributed by atoms with Crippen molar-refractivity contribution < 1.29 is 4.39 Å². The van der Waals surface area contributed by atoms with Gasteiger partial charge in [-0.3, -0.25) is 0 Å². The van der Waals surface area contributed by atoms with Crippen LogP contribution in [0.15, 0.2) is 48.3 Å². The van der Waals surface area contributed by atoms with Gasteiger partial charge in [-0.15, -0.1) is 0 Å². The summed E-state index contributed by atoms with van der Waals surface area (Å²) in [6, 6.07) is 5.03. The highest BCUT2D eigenvalue weighted by atomic mass is 19.1. The maximum Gasteiger partial charge on any atom is 0.146 e. The number of nitrogens with two attached hydrogens (primary N) is 1. The number of nitrogen functional groups attached to an aromatic ring is 1. The number of hydrogen-bond donors (Lipinski definition) is 4. The van der Waals surface area contributed by atoms with E-state index in [2.05, 4.69) is 33.5 Å². The zero-order valence-corrected chi connectivity index (χ0v) is 15.3. The molecule has 3 rings (SSSR count). The van der Waals surface area contributed by atoms with Gasteiger partial charge >= 0.3 is 0 Å². The average Bonchev–Trinajstić information content (AvgIpc) is 3.01. The normalized spacial score (nSPS) is 13.7. The zero-order chi connectivity index (χ0) is 18.5. The van der Waals surface area contributed by atoms with Crippen molar-refractivity contribution in [3.63, 3.8) is 0 Å². The van der Waals surface area contributed by atoms with Crippen molar-refractivity contribution in [2.24, 2.45) is 0 Å². The van der Waals surface area contributed by atoms with Gasteiger partial charge in [0, 0.05) is 38.4 Å². The molecule has 6 heteroatoms. The molecule has 0 radical (unpaired) electrons. The molecular weight excluding hydrogens is 329 g/mol. The molecule has 5 nitrogen and oxygen atoms in total. The third kappa shape index (κ3) is 4.02. The second-order valence-corrected chi connectivity index (χ2v) is 6.50. The topological polar surface area (TPSA) is 69.1 Å². The van der Waals surface area contributed by atoms with Crippen molar-refractivity contribution in [3.05, 3.63) is 54.1 Å². The Morgan fingerprint density at radius 2 is 2.15 bits per heavy atom. The lowest BCUT2D eigenvalue weighted by molar-refractivity contribution is 0.502. The first-order chi connectivity index (χ1) is 12.6. The Morgan fingerprint density at radius 3 is 2.88 bits per heavy atom. The number of aromatic amines is 1. The van der Waals surface area contributed by atoms with Crippen LogP contribution in [0, 0.1) is 5.82 Å². The van der Waals surface area contributed by atoms with Gasteiger partial charge in [0.2, 0.25) is 0 Å². The summed E-state index contributed by atoms with van der Waals surface area (Å²) in [6.07, 6.45) is 9.05. The molecule has 0 saturated heterocycles. The summed E-state index contributed by atoms with van der Waals surface area (Å²) in [5, 5.41) is 6.45. The van der Waals surface area contributed by atoms with Gasteiger partial charge in [0.15, 0.2) is 0 Å². The van der Waals surface area contributed by atoms with Crippen LogP contribution in [0.25, 0.3) is 11.1 Å². The van der Waals surface area contributed by atoms with Gasteiger partial charge in [0.1, 0.15) is 11.6 Å². The highest BCUT2D eigenvalue weighted by molar-refractivity contribution is 5.85. The summed E-state index contributed by atoms with van der Waals surface area (Å²) in [4.78, 5) is 5.24. The van der Waals surface area contributed by atoms with Gasteiger partial charge < -0.3 is 26.3 Å². The monoisotopic (exact) mass is 355 g/mol. The summed E-state index contributed by atoms with van der Waals surface area (Å²) >= 11 is 0. The van der Waals surface area contributed by atoms with Crippen molar-refractivity contribution in [1.82, 2.24) is 9.88 Å². The van der Waals surface area contributed by atoms with Crippen molar-refractivity contribution in [2.75, 3.05) is 43.0 Å². The molecule has 1 aliphatic heterocycles. The van der Waals surface area contributed by atoms with Crippen molar-refractivity contribution in [2.45, 2.75) is 13.3 Å². The molecule has 138 valence electrons. The lowest BCUT2D eigenvalue weighted by Gasteiger charge is -2.18. The van der Waals surface area contributed by atoms with E-state index in [0.717, 1.165) is 42.0 Å². The predicted molar refractivity (Wildman–Crippen MR) is 108 cm³/mol. The van der Waals surface area contributed by atoms with Gasteiger partial charge in [-0.25, -0.2) is 4.39 Å². The summed E-state index contributed by atoms with van der Waals surface area (Å²) in [5.41, 5.74) is 10.2. The van der Waals surface area contributed by atoms with E-state index in [1.54, 1.807) is 12.1 Å². The van der Waals surface area contributed by atoms with E-state index in [1.165, 1.54) is 6.07 Å². The Balaban J connectivity index is 1.75. The average molecular weight is 355 g/mol. The van der Waals surface area contributed by atoms with Crippen LogP contribution >= 0.6 is 0 Å². The van der Waals surface area contributed by atoms with E-state index in [1.807, 2.05) is 25.5 Å². The molecule has 0 fully saturated rings. The van der Waals surface area contributed by atoms with Crippen molar-refractivity contribution in [1.29, 1.82) is 0 Å². The van der Waals surface area contributed by atoms with E-state index < -0.39 is 0 Å². The van der Waals surface area contributed by atoms with Crippen LogP contribution in [0.5, 0.6) is 0 Å². The summed E-state index contributed by atoms with van der Waals surface area (Å²) in [6.45, 7) is 4.39. The molecule has 0 unspecified atom stereocenters. The van der Waals surface area contributed by atoms with E-state index in [-0.39, 0.29) is 5.82 Å². The number of hydrogen-bond acceptors (Lipinski definition) is 4. The maximum atomic E-state index is 14.2. The van der Waals surface area contributed by atoms with Crippen LogP contribution in [0.4, 0.5) is 21.6 Å². The van der Waals surface area contributed by atoms with Gasteiger partial charge in [0.05, 0.1) is 11.4 Å². The molecule has 1 aromatic heterocycles. The molecular formula is C20H26FN5. The molecule has 1 aliphatic rings. The Morgan fingerprint density at radius 1 is 1.31 bits per heavy atom. The molecule has 0 spiro atoms. The maximum absolute atomic E-state index is 14.2. The molecule has 0 atom stereocenters. The Hall–Kier alpha value is -2.89. The Kier molecular flexibility index (Phi) is 5.51. The number of rotatable bonds is 7. The predicted octanol–water partition coefficient (Wildman–Crippen LogP) is 4.02. The molecule has 2 heterocycles. The summed E-state index contributed by atoms with van der Waals surface area (Å²) in [5.74, 6) is 0.534. The van der Waals surface area contributed by atoms with Gasteiger partial charge in [-0.1, -0.05) is 19.1 Å². The SMILES string of the molecule is CCCNc1[nH]cc(-c2ccc(F)c(NCC3=CCN(C)C=C3)c2)c1N. The molecule has 2 aromatic rings. The van der Waals surface area contributed by atoms with Crippen LogP contribution in [-0.4, -0.2) is 36.6 Å². The molecule has 0 aliphatic carbocycles. The van der Waals surface area contributed by atoms with Crippen LogP contribution in [-0.2, 0) is 0 Å². The van der Waals surface area contributed by atoms with Crippen molar-refractivity contribution >= 4 is 17.2 Å². The van der Waals surface area contributed by atoms with Crippen LogP contribution < -0.4 is 16.4 Å². The summed E-state index contributed by atoms with van der Waals surface area (Å²) < 4.78 is 14.2. The number of anilines is 3. The molecule has 1 aromatic carbocycles. The lowest BCUT2D eigenvalue weighted by Crippen LogP contribution is -2.16. The van der Waals surface area contributed by atoms with E-state index in [9.17, 15) is 4.39 Å². The quantitative estimate of drug-likeness (QED) is 0.605. The fourth-order valence-electron chi connectivity index (χ4n) is 2.84. The molecule has 0 bridgehead atoms. The zero-order valence-electron chi connectivity index (χ0n) is 15.3. The third-order valence-corrected chi connectivity index (χ3v) is 4.42. The van der Waals surface area contributed by atoms with Gasteiger partial charge in [0.25, 0.3) is 0 Å². The highest BCUT2D eigenvalue weighted by Gasteiger charge is 2.12. The standard InChI is InChI=1S/C20H26FN5/c1-3-8-23-20-19(22)16(13-25-20)15-4-5-17(21)18(11-15)24-12-14-6-9-26(2)10-7-14/h4-7,9,11,13,23-25H,3,8,10,12,22H2,1-2H3. The minimum absolute atomic E-state index is 0.273. The van der Waals surface area contributed by atoms with Crippen LogP contribution in [0.3, 0.4) is 0 Å². The molecule has 26 heavy (non-hydrogen) atoms. The second kappa shape index (κ2) is 7.99. The first kappa shape index (κ1) is 17.9. The highest BCUT2D eigenvalue weighted by Crippen LogP contribution is 2.33. The largest absolute Gasteiger partial charge is 0.395 e. The van der Waals surface area contributed by atoms with Gasteiger partial charge in [-0.2, -0.15) is 0 Å². The number of nitrogens with zero attached hydrogens (tertiary/aromatic N) is 1. The summed E-state index contributed by atoms with van der Waals surface area (Å²) in [7, 11) is 2.02. The second-order valence-electron chi connectivity index (χ2n) is 6.50. The third-order valence-electron chi connectivity index (χ3n) is 4.42. The molecule has 5 N–H and O–H groups in total. The number of H-pyrrole nitrogens is 1. The van der Waals surface area contributed by atoms with E-state index >= 15 is 0 Å². The molecule has 0 saturated carbocycles. The first-order valence-electron chi connectivity index (χ1n) is 8.90. The Bertz CT molecular complexity index is 822. The van der Waals surface area contributed by atoms with E-state index in [0.29, 0.717) is 17.9 Å². The fraction of sp³-hybridized carbons (Fsp3) is 0.300. The van der Waals surface area contributed by atoms with Crippen LogP contribution in [0.2, 0.25) is 0 Å². The minimum atomic E-state index is -0.273. The number of benzene rings is 1. The van der Waals surface area contributed by atoms with E-state index in [4.69, 9.17) is 5.73 Å². The van der Waals surface area contributed by atoms with Crippen LogP contribution in [0.1, 0.15) is 13.3 Å². The smallest absolute Gasteiger partial charge is 0.146 e. The number of halogens is 1. The van der Waals surface area contributed by atoms with Gasteiger partial charge in [-0.05, 0) is 42.0 Å². The number of likely N-dealkylation sites (N-methyl/N-ethyl adjacent to an activating group) is 1. The first-order valence-corrected chi connectivity index (χ1v) is 8.90.